The predicted molar refractivity (Wildman–Crippen MR) is 105 cm³/mol. The summed E-state index contributed by atoms with van der Waals surface area (Å²) in [5.74, 6) is -2.54. The van der Waals surface area contributed by atoms with E-state index < -0.39 is 43.0 Å². The molecule has 9 nitrogen and oxygen atoms in total. The van der Waals surface area contributed by atoms with E-state index in [1.54, 1.807) is 0 Å². The Balaban J connectivity index is 2.13. The van der Waals surface area contributed by atoms with Gasteiger partial charge in [-0.3, -0.25) is 19.7 Å². The van der Waals surface area contributed by atoms with Crippen LogP contribution in [0.15, 0.2) is 34.7 Å². The van der Waals surface area contributed by atoms with Crippen LogP contribution in [-0.4, -0.2) is 44.1 Å². The van der Waals surface area contributed by atoms with Gasteiger partial charge in [-0.1, -0.05) is 11.6 Å². The second kappa shape index (κ2) is 10.1. The zero-order chi connectivity index (χ0) is 21.4. The van der Waals surface area contributed by atoms with E-state index in [0.29, 0.717) is 13.0 Å². The second-order valence-corrected chi connectivity index (χ2v) is 8.58. The van der Waals surface area contributed by atoms with Crippen molar-refractivity contribution in [2.45, 2.75) is 43.9 Å². The van der Waals surface area contributed by atoms with Crippen molar-refractivity contribution in [1.29, 1.82) is 0 Å². The highest BCUT2D eigenvalue weighted by Crippen LogP contribution is 2.26. The van der Waals surface area contributed by atoms with Crippen LogP contribution < -0.4 is 5.32 Å². The van der Waals surface area contributed by atoms with Crippen molar-refractivity contribution in [3.05, 3.63) is 45.5 Å². The van der Waals surface area contributed by atoms with Gasteiger partial charge in [0.15, 0.2) is 15.6 Å². The number of esters is 1. The number of nitrogens with zero attached hydrogens (tertiary/aromatic N) is 1. The molecule has 0 unspecified atom stereocenters. The monoisotopic (exact) mass is 424 g/mol. The molecule has 1 N–H and O–H groups in total. The van der Waals surface area contributed by atoms with E-state index in [4.69, 9.17) is 0 Å². The van der Waals surface area contributed by atoms with Gasteiger partial charge in [0.05, 0.1) is 11.5 Å². The standard InChI is InChI=1S/C19H24N2O7S/c1-2-28-18(22)13-29(26,27)17-9-8-15(12-16(17)21(24)25)19(23)20-11-10-14-6-4-3-5-7-14/h6,8-9,12H,2-5,7,10-11,13H2,1H3,(H,20,23). The summed E-state index contributed by atoms with van der Waals surface area (Å²) in [5.41, 5.74) is 0.504. The Morgan fingerprint density at radius 2 is 2.03 bits per heavy atom. The van der Waals surface area contributed by atoms with Crippen molar-refractivity contribution >= 4 is 27.4 Å². The Labute approximate surface area is 169 Å². The zero-order valence-electron chi connectivity index (χ0n) is 16.2. The quantitative estimate of drug-likeness (QED) is 0.279. The molecule has 0 saturated heterocycles. The summed E-state index contributed by atoms with van der Waals surface area (Å²) in [4.78, 5) is 33.7. The van der Waals surface area contributed by atoms with Crippen molar-refractivity contribution in [1.82, 2.24) is 5.32 Å². The number of benzene rings is 1. The molecule has 29 heavy (non-hydrogen) atoms. The van der Waals surface area contributed by atoms with E-state index in [9.17, 15) is 28.1 Å². The number of ether oxygens (including phenoxy) is 1. The fourth-order valence-electron chi connectivity index (χ4n) is 3.07. The summed E-state index contributed by atoms with van der Waals surface area (Å²) in [6.45, 7) is 1.90. The summed E-state index contributed by atoms with van der Waals surface area (Å²) >= 11 is 0. The number of nitrogens with one attached hydrogen (secondary N) is 1. The Morgan fingerprint density at radius 1 is 1.28 bits per heavy atom. The fraction of sp³-hybridized carbons (Fsp3) is 0.474. The normalized spacial score (nSPS) is 14.0. The third kappa shape index (κ3) is 6.38. The van der Waals surface area contributed by atoms with E-state index in [2.05, 4.69) is 16.1 Å². The molecular weight excluding hydrogens is 400 g/mol. The fourth-order valence-corrected chi connectivity index (χ4v) is 4.35. The number of nitro groups is 1. The molecule has 0 radical (unpaired) electrons. The van der Waals surface area contributed by atoms with Crippen LogP contribution in [0.3, 0.4) is 0 Å². The van der Waals surface area contributed by atoms with E-state index in [-0.39, 0.29) is 12.2 Å². The number of hydrogen-bond acceptors (Lipinski definition) is 7. The van der Waals surface area contributed by atoms with E-state index >= 15 is 0 Å². The second-order valence-electron chi connectivity index (χ2n) is 6.62. The van der Waals surface area contributed by atoms with E-state index in [1.807, 2.05) is 0 Å². The minimum Gasteiger partial charge on any atom is -0.465 e. The molecule has 0 atom stereocenters. The molecule has 0 heterocycles. The van der Waals surface area contributed by atoms with Crippen LogP contribution in [0.5, 0.6) is 0 Å². The van der Waals surface area contributed by atoms with Crippen LogP contribution >= 0.6 is 0 Å². The largest absolute Gasteiger partial charge is 0.465 e. The van der Waals surface area contributed by atoms with Crippen LogP contribution in [-0.2, 0) is 19.4 Å². The molecule has 158 valence electrons. The summed E-state index contributed by atoms with van der Waals surface area (Å²) in [7, 11) is -4.29. The SMILES string of the molecule is CCOC(=O)CS(=O)(=O)c1ccc(C(=O)NCCC2=CCCCC2)cc1[N+](=O)[O-]. The number of hydrogen-bond donors (Lipinski definition) is 1. The van der Waals surface area contributed by atoms with E-state index in [0.717, 1.165) is 31.4 Å². The number of sulfone groups is 1. The first-order valence-electron chi connectivity index (χ1n) is 9.37. The number of nitro benzene ring substituents is 1. The summed E-state index contributed by atoms with van der Waals surface area (Å²) in [6, 6.07) is 3.08. The first-order valence-corrected chi connectivity index (χ1v) is 11.0. The van der Waals surface area contributed by atoms with E-state index in [1.165, 1.54) is 25.0 Å². The zero-order valence-corrected chi connectivity index (χ0v) is 17.0. The van der Waals surface area contributed by atoms with Gasteiger partial charge in [0.2, 0.25) is 0 Å². The number of carbonyl (C=O) groups excluding carboxylic acids is 2. The van der Waals surface area contributed by atoms with Crippen molar-refractivity contribution < 1.29 is 27.7 Å². The first-order chi connectivity index (χ1) is 13.7. The number of rotatable bonds is 9. The molecule has 10 heteroatoms. The molecule has 2 rings (SSSR count). The topological polar surface area (TPSA) is 133 Å². The third-order valence-electron chi connectivity index (χ3n) is 4.48. The van der Waals surface area contributed by atoms with Crippen molar-refractivity contribution in [3.63, 3.8) is 0 Å². The summed E-state index contributed by atoms with van der Waals surface area (Å²) < 4.78 is 29.3. The maximum atomic E-state index is 12.4. The number of allylic oxidation sites excluding steroid dienone is 1. The maximum Gasteiger partial charge on any atom is 0.321 e. The highest BCUT2D eigenvalue weighted by molar-refractivity contribution is 7.92. The van der Waals surface area contributed by atoms with Gasteiger partial charge < -0.3 is 10.1 Å². The lowest BCUT2D eigenvalue weighted by Crippen LogP contribution is -2.25. The van der Waals surface area contributed by atoms with Gasteiger partial charge in [-0.05, 0) is 51.2 Å². The molecule has 0 bridgehead atoms. The summed E-state index contributed by atoms with van der Waals surface area (Å²) in [5, 5.41) is 14.1. The molecule has 1 aliphatic carbocycles. The Bertz CT molecular complexity index is 922. The predicted octanol–water partition coefficient (Wildman–Crippen LogP) is 2.55. The molecule has 1 aromatic carbocycles. The smallest absolute Gasteiger partial charge is 0.321 e. The van der Waals surface area contributed by atoms with Gasteiger partial charge in [0, 0.05) is 18.2 Å². The highest BCUT2D eigenvalue weighted by Gasteiger charge is 2.29. The Kier molecular flexibility index (Phi) is 7.89. The lowest BCUT2D eigenvalue weighted by molar-refractivity contribution is -0.387. The molecule has 0 spiro atoms. The van der Waals surface area contributed by atoms with Gasteiger partial charge in [0.25, 0.3) is 11.6 Å². The number of amides is 1. The Hall–Kier alpha value is -2.75. The highest BCUT2D eigenvalue weighted by atomic mass is 32.2. The van der Waals surface area contributed by atoms with Gasteiger partial charge in [-0.2, -0.15) is 0 Å². The first kappa shape index (κ1) is 22.5. The lowest BCUT2D eigenvalue weighted by atomic mass is 9.97. The molecule has 0 fully saturated rings. The minimum atomic E-state index is -4.29. The molecular formula is C19H24N2O7S. The Morgan fingerprint density at radius 3 is 2.66 bits per heavy atom. The van der Waals surface area contributed by atoms with Crippen molar-refractivity contribution in [2.75, 3.05) is 18.9 Å². The van der Waals surface area contributed by atoms with Crippen molar-refractivity contribution in [2.24, 2.45) is 0 Å². The van der Waals surface area contributed by atoms with Crippen LogP contribution in [0, 0.1) is 10.1 Å². The average molecular weight is 424 g/mol. The maximum absolute atomic E-state index is 12.4. The van der Waals surface area contributed by atoms with Crippen LogP contribution in [0.4, 0.5) is 5.69 Å². The van der Waals surface area contributed by atoms with Crippen LogP contribution in [0.1, 0.15) is 49.4 Å². The molecule has 1 aliphatic rings. The van der Waals surface area contributed by atoms with Crippen LogP contribution in [0.2, 0.25) is 0 Å². The average Bonchev–Trinajstić information content (AvgIpc) is 2.68. The number of carbonyl (C=O) groups is 2. The third-order valence-corrected chi connectivity index (χ3v) is 6.11. The summed E-state index contributed by atoms with van der Waals surface area (Å²) in [6.07, 6.45) is 7.23. The molecule has 1 aromatic rings. The lowest BCUT2D eigenvalue weighted by Gasteiger charge is -2.13. The molecule has 0 aromatic heterocycles. The van der Waals surface area contributed by atoms with Crippen molar-refractivity contribution in [3.8, 4) is 0 Å². The molecule has 0 saturated carbocycles. The molecule has 1 amide bonds. The van der Waals surface area contributed by atoms with Gasteiger partial charge in [0.1, 0.15) is 4.90 Å². The van der Waals surface area contributed by atoms with Gasteiger partial charge in [-0.15, -0.1) is 0 Å². The van der Waals surface area contributed by atoms with Crippen LogP contribution in [0.25, 0.3) is 0 Å². The minimum absolute atomic E-state index is 0.00748. The van der Waals surface area contributed by atoms with Gasteiger partial charge >= 0.3 is 5.97 Å². The van der Waals surface area contributed by atoms with Gasteiger partial charge in [-0.25, -0.2) is 8.42 Å². The molecule has 0 aliphatic heterocycles.